The highest BCUT2D eigenvalue weighted by molar-refractivity contribution is 5.94. The Hall–Kier alpha value is -2.89. The Morgan fingerprint density at radius 3 is 2.62 bits per heavy atom. The lowest BCUT2D eigenvalue weighted by Crippen LogP contribution is -2.46. The van der Waals surface area contributed by atoms with E-state index < -0.39 is 5.82 Å². The molecule has 0 aliphatic carbocycles. The average Bonchev–Trinajstić information content (AvgIpc) is 2.72. The minimum atomic E-state index is -0.499. The first kappa shape index (κ1) is 20.8. The van der Waals surface area contributed by atoms with Crippen LogP contribution in [0.3, 0.4) is 0 Å². The number of nitrogens with one attached hydrogen (secondary N) is 1. The fourth-order valence-corrected chi connectivity index (χ4v) is 3.46. The Morgan fingerprint density at radius 1 is 1.14 bits per heavy atom. The van der Waals surface area contributed by atoms with Gasteiger partial charge in [0.15, 0.2) is 0 Å². The van der Waals surface area contributed by atoms with Gasteiger partial charge in [-0.1, -0.05) is 24.3 Å². The molecule has 2 amide bonds. The molecule has 0 spiro atoms. The van der Waals surface area contributed by atoms with Crippen molar-refractivity contribution in [2.45, 2.75) is 38.6 Å². The molecule has 2 aromatic rings. The van der Waals surface area contributed by atoms with E-state index in [2.05, 4.69) is 5.32 Å². The number of amides is 2. The van der Waals surface area contributed by atoms with Crippen LogP contribution in [0.5, 0.6) is 5.75 Å². The molecule has 5 nitrogen and oxygen atoms in total. The van der Waals surface area contributed by atoms with Crippen molar-refractivity contribution in [3.8, 4) is 5.75 Å². The van der Waals surface area contributed by atoms with E-state index in [-0.39, 0.29) is 23.4 Å². The molecule has 6 heteroatoms. The maximum Gasteiger partial charge on any atom is 0.256 e. The van der Waals surface area contributed by atoms with Gasteiger partial charge < -0.3 is 15.0 Å². The third-order valence-corrected chi connectivity index (χ3v) is 5.06. The monoisotopic (exact) mass is 398 g/mol. The summed E-state index contributed by atoms with van der Waals surface area (Å²) in [6.07, 6.45) is 2.39. The van der Waals surface area contributed by atoms with E-state index >= 15 is 0 Å². The quantitative estimate of drug-likeness (QED) is 0.724. The molecule has 1 fully saturated rings. The van der Waals surface area contributed by atoms with Crippen LogP contribution in [-0.4, -0.2) is 42.5 Å². The first-order valence-corrected chi connectivity index (χ1v) is 10.1. The van der Waals surface area contributed by atoms with Gasteiger partial charge in [0.2, 0.25) is 5.91 Å². The van der Waals surface area contributed by atoms with Gasteiger partial charge in [0, 0.05) is 25.6 Å². The van der Waals surface area contributed by atoms with Crippen molar-refractivity contribution >= 4 is 11.8 Å². The predicted octanol–water partition coefficient (Wildman–Crippen LogP) is 3.71. The molecule has 1 aliphatic heterocycles. The van der Waals surface area contributed by atoms with Gasteiger partial charge in [-0.05, 0) is 56.0 Å². The van der Waals surface area contributed by atoms with Crippen LogP contribution >= 0.6 is 0 Å². The third-order valence-electron chi connectivity index (χ3n) is 5.06. The maximum atomic E-state index is 13.8. The first-order chi connectivity index (χ1) is 14.0. The second-order valence-corrected chi connectivity index (χ2v) is 7.38. The molecule has 2 aromatic carbocycles. The lowest BCUT2D eigenvalue weighted by molar-refractivity contribution is -0.122. The summed E-state index contributed by atoms with van der Waals surface area (Å²) >= 11 is 0. The molecule has 0 bridgehead atoms. The summed E-state index contributed by atoms with van der Waals surface area (Å²) < 4.78 is 19.5. The van der Waals surface area contributed by atoms with Crippen LogP contribution in [0.4, 0.5) is 4.39 Å². The van der Waals surface area contributed by atoms with Crippen LogP contribution in [0.15, 0.2) is 48.5 Å². The van der Waals surface area contributed by atoms with Crippen LogP contribution in [0, 0.1) is 12.7 Å². The van der Waals surface area contributed by atoms with Crippen LogP contribution < -0.4 is 10.1 Å². The van der Waals surface area contributed by atoms with Crippen LogP contribution in [0.1, 0.15) is 41.6 Å². The van der Waals surface area contributed by atoms with E-state index in [1.807, 2.05) is 31.2 Å². The zero-order valence-corrected chi connectivity index (χ0v) is 16.7. The van der Waals surface area contributed by atoms with E-state index in [1.165, 1.54) is 12.1 Å². The number of carbonyl (C=O) groups is 2. The van der Waals surface area contributed by atoms with E-state index in [4.69, 9.17) is 4.74 Å². The minimum absolute atomic E-state index is 0.00303. The number of piperidine rings is 1. The zero-order valence-electron chi connectivity index (χ0n) is 16.7. The lowest BCUT2D eigenvalue weighted by atomic mass is 10.0. The number of aryl methyl sites for hydroxylation is 1. The van der Waals surface area contributed by atoms with Gasteiger partial charge in [-0.15, -0.1) is 0 Å². The zero-order chi connectivity index (χ0) is 20.6. The molecule has 3 rings (SSSR count). The van der Waals surface area contributed by atoms with Crippen molar-refractivity contribution in [2.75, 3.05) is 19.7 Å². The van der Waals surface area contributed by atoms with Crippen molar-refractivity contribution in [1.29, 1.82) is 0 Å². The Kier molecular flexibility index (Phi) is 7.22. The number of halogens is 1. The molecule has 0 radical (unpaired) electrons. The molecule has 1 aliphatic rings. The highest BCUT2D eigenvalue weighted by atomic mass is 19.1. The number of likely N-dealkylation sites (tertiary alicyclic amines) is 1. The number of hydrogen-bond donors (Lipinski definition) is 1. The summed E-state index contributed by atoms with van der Waals surface area (Å²) in [5, 5.41) is 3.03. The fraction of sp³-hybridized carbons (Fsp3) is 0.391. The molecule has 29 heavy (non-hydrogen) atoms. The van der Waals surface area contributed by atoms with Crippen LogP contribution in [0.2, 0.25) is 0 Å². The normalized spacial score (nSPS) is 14.5. The van der Waals surface area contributed by atoms with E-state index in [1.54, 1.807) is 17.0 Å². The summed E-state index contributed by atoms with van der Waals surface area (Å²) in [6, 6.07) is 13.9. The van der Waals surface area contributed by atoms with Gasteiger partial charge in [-0.3, -0.25) is 9.59 Å². The number of carbonyl (C=O) groups excluding carboxylic acids is 2. The fourth-order valence-electron chi connectivity index (χ4n) is 3.46. The third kappa shape index (κ3) is 6.04. The molecule has 1 saturated heterocycles. The number of nitrogens with zero attached hydrogens (tertiary/aromatic N) is 1. The second kappa shape index (κ2) is 10.0. The lowest BCUT2D eigenvalue weighted by Gasteiger charge is -2.32. The Labute approximate surface area is 170 Å². The highest BCUT2D eigenvalue weighted by Gasteiger charge is 2.25. The van der Waals surface area contributed by atoms with Crippen molar-refractivity contribution in [3.63, 3.8) is 0 Å². The molecular weight excluding hydrogens is 371 g/mol. The predicted molar refractivity (Wildman–Crippen MR) is 109 cm³/mol. The molecule has 154 valence electrons. The van der Waals surface area contributed by atoms with Crippen molar-refractivity contribution < 1.29 is 18.7 Å². The van der Waals surface area contributed by atoms with Gasteiger partial charge in [0.05, 0.1) is 12.2 Å². The van der Waals surface area contributed by atoms with E-state index in [0.29, 0.717) is 45.4 Å². The molecule has 0 saturated carbocycles. The molecule has 0 atom stereocenters. The summed E-state index contributed by atoms with van der Waals surface area (Å²) in [7, 11) is 0. The summed E-state index contributed by atoms with van der Waals surface area (Å²) in [6.45, 7) is 3.52. The van der Waals surface area contributed by atoms with Crippen LogP contribution in [-0.2, 0) is 4.79 Å². The number of rotatable bonds is 7. The molecular formula is C23H27FN2O3. The van der Waals surface area contributed by atoms with Crippen molar-refractivity contribution in [1.82, 2.24) is 10.2 Å². The SMILES string of the molecule is Cc1cccc(OCCCC(=O)NC2CCN(C(=O)c3ccccc3F)CC2)c1. The molecule has 0 aromatic heterocycles. The van der Waals surface area contributed by atoms with Gasteiger partial charge in [0.25, 0.3) is 5.91 Å². The van der Waals surface area contributed by atoms with Crippen LogP contribution in [0.25, 0.3) is 0 Å². The maximum absolute atomic E-state index is 13.8. The van der Waals surface area contributed by atoms with Crippen molar-refractivity contribution in [2.24, 2.45) is 0 Å². The van der Waals surface area contributed by atoms with Gasteiger partial charge in [-0.25, -0.2) is 4.39 Å². The Bertz CT molecular complexity index is 848. The standard InChI is InChI=1S/C23H27FN2O3/c1-17-6-4-7-19(16-17)29-15-5-10-22(27)25-18-11-13-26(14-12-18)23(28)20-8-2-3-9-21(20)24/h2-4,6-9,16,18H,5,10-15H2,1H3,(H,25,27). The topological polar surface area (TPSA) is 58.6 Å². The van der Waals surface area contributed by atoms with E-state index in [9.17, 15) is 14.0 Å². The first-order valence-electron chi connectivity index (χ1n) is 10.1. The number of ether oxygens (including phenoxy) is 1. The molecule has 1 heterocycles. The summed E-state index contributed by atoms with van der Waals surface area (Å²) in [5.74, 6) is 0.0241. The van der Waals surface area contributed by atoms with Gasteiger partial charge in [-0.2, -0.15) is 0 Å². The minimum Gasteiger partial charge on any atom is -0.494 e. The Morgan fingerprint density at radius 2 is 1.90 bits per heavy atom. The second-order valence-electron chi connectivity index (χ2n) is 7.38. The Balaban J connectivity index is 1.35. The van der Waals surface area contributed by atoms with E-state index in [0.717, 1.165) is 11.3 Å². The molecule has 1 N–H and O–H groups in total. The number of hydrogen-bond acceptors (Lipinski definition) is 3. The van der Waals surface area contributed by atoms with Gasteiger partial charge >= 0.3 is 0 Å². The average molecular weight is 398 g/mol. The smallest absolute Gasteiger partial charge is 0.256 e. The summed E-state index contributed by atoms with van der Waals surface area (Å²) in [4.78, 5) is 26.3. The van der Waals surface area contributed by atoms with Crippen molar-refractivity contribution in [3.05, 3.63) is 65.5 Å². The molecule has 0 unspecified atom stereocenters. The highest BCUT2D eigenvalue weighted by Crippen LogP contribution is 2.16. The largest absolute Gasteiger partial charge is 0.494 e. The summed E-state index contributed by atoms with van der Waals surface area (Å²) in [5.41, 5.74) is 1.24. The number of benzene rings is 2. The van der Waals surface area contributed by atoms with Gasteiger partial charge in [0.1, 0.15) is 11.6 Å².